The molecule has 0 amide bonds. The molecule has 2 N–H and O–H groups in total. The summed E-state index contributed by atoms with van der Waals surface area (Å²) in [6.45, 7) is 9.99. The third-order valence-corrected chi connectivity index (χ3v) is 11.3. The quantitative estimate of drug-likeness (QED) is 0.328. The van der Waals surface area contributed by atoms with Gasteiger partial charge in [0, 0.05) is 6.04 Å². The van der Waals surface area contributed by atoms with Crippen LogP contribution in [0.2, 0.25) is 0 Å². The van der Waals surface area contributed by atoms with E-state index in [1.54, 1.807) is 5.57 Å². The highest BCUT2D eigenvalue weighted by molar-refractivity contribution is 5.25. The fourth-order valence-electron chi connectivity index (χ4n) is 9.10. The van der Waals surface area contributed by atoms with Crippen LogP contribution in [-0.4, -0.2) is 6.04 Å². The van der Waals surface area contributed by atoms with E-state index in [1.807, 2.05) is 0 Å². The Morgan fingerprint density at radius 1 is 0.970 bits per heavy atom. The Morgan fingerprint density at radius 3 is 2.45 bits per heavy atom. The zero-order valence-corrected chi connectivity index (χ0v) is 22.6. The molecule has 0 spiro atoms. The molecule has 4 aliphatic carbocycles. The normalized spacial score (nSPS) is 40.5. The van der Waals surface area contributed by atoms with Gasteiger partial charge in [0.15, 0.2) is 0 Å². The van der Waals surface area contributed by atoms with Crippen LogP contribution in [0, 0.1) is 40.4 Å². The molecule has 0 aromatic rings. The summed E-state index contributed by atoms with van der Waals surface area (Å²) in [4.78, 5) is 0. The molecule has 0 heterocycles. The zero-order valence-electron chi connectivity index (χ0n) is 22.6. The molecular formula is C32H55N. The molecule has 0 saturated heterocycles. The van der Waals surface area contributed by atoms with E-state index in [-0.39, 0.29) is 0 Å². The summed E-state index contributed by atoms with van der Waals surface area (Å²) in [7, 11) is 0. The number of unbranched alkanes of at least 4 members (excludes halogenated alkanes) is 2. The van der Waals surface area contributed by atoms with Crippen molar-refractivity contribution < 1.29 is 0 Å². The van der Waals surface area contributed by atoms with Gasteiger partial charge >= 0.3 is 0 Å². The lowest BCUT2D eigenvalue weighted by Gasteiger charge is -2.58. The van der Waals surface area contributed by atoms with Gasteiger partial charge in [0.2, 0.25) is 0 Å². The Bertz CT molecular complexity index is 683. The number of rotatable bonds is 10. The zero-order chi connectivity index (χ0) is 23.5. The van der Waals surface area contributed by atoms with Gasteiger partial charge < -0.3 is 5.73 Å². The average molecular weight is 454 g/mol. The van der Waals surface area contributed by atoms with E-state index in [4.69, 9.17) is 5.73 Å². The molecular weight excluding hydrogens is 398 g/mol. The number of hydrogen-bond donors (Lipinski definition) is 1. The van der Waals surface area contributed by atoms with Gasteiger partial charge in [0.05, 0.1) is 0 Å². The fraction of sp³-hybridized carbons (Fsp3) is 0.875. The molecule has 188 valence electrons. The van der Waals surface area contributed by atoms with Crippen molar-refractivity contribution in [2.45, 2.75) is 136 Å². The summed E-state index contributed by atoms with van der Waals surface area (Å²) >= 11 is 0. The highest BCUT2D eigenvalue weighted by Crippen LogP contribution is 2.66. The van der Waals surface area contributed by atoms with Gasteiger partial charge in [-0.2, -0.15) is 0 Å². The first-order valence-corrected chi connectivity index (χ1v) is 15.0. The van der Waals surface area contributed by atoms with E-state index < -0.39 is 0 Å². The van der Waals surface area contributed by atoms with Crippen LogP contribution in [0.25, 0.3) is 0 Å². The second kappa shape index (κ2) is 11.0. The van der Waals surface area contributed by atoms with Gasteiger partial charge in [0.25, 0.3) is 0 Å². The third-order valence-electron chi connectivity index (χ3n) is 11.3. The average Bonchev–Trinajstić information content (AvgIpc) is 3.14. The Balaban J connectivity index is 1.36. The van der Waals surface area contributed by atoms with E-state index in [9.17, 15) is 0 Å². The lowest BCUT2D eigenvalue weighted by atomic mass is 9.47. The molecule has 0 aromatic heterocycles. The van der Waals surface area contributed by atoms with Gasteiger partial charge in [0.1, 0.15) is 0 Å². The van der Waals surface area contributed by atoms with Gasteiger partial charge in [-0.15, -0.1) is 0 Å². The Kier molecular flexibility index (Phi) is 8.52. The topological polar surface area (TPSA) is 26.0 Å². The predicted molar refractivity (Wildman–Crippen MR) is 144 cm³/mol. The number of fused-ring (bicyclic) bond motifs is 5. The van der Waals surface area contributed by atoms with Crippen LogP contribution in [0.3, 0.4) is 0 Å². The lowest BCUT2D eigenvalue weighted by molar-refractivity contribution is -0.0415. The summed E-state index contributed by atoms with van der Waals surface area (Å²) in [5.41, 5.74) is 9.16. The molecule has 0 aromatic carbocycles. The minimum atomic E-state index is 0.418. The molecule has 7 unspecified atom stereocenters. The fourth-order valence-corrected chi connectivity index (χ4v) is 9.10. The van der Waals surface area contributed by atoms with Crippen LogP contribution >= 0.6 is 0 Å². The molecule has 7 atom stereocenters. The second-order valence-corrected chi connectivity index (χ2v) is 13.2. The van der Waals surface area contributed by atoms with E-state index in [0.29, 0.717) is 16.9 Å². The Hall–Kier alpha value is -0.560. The van der Waals surface area contributed by atoms with Crippen molar-refractivity contribution in [3.63, 3.8) is 0 Å². The molecule has 4 rings (SSSR count). The summed E-state index contributed by atoms with van der Waals surface area (Å²) in [6, 6.07) is 0.418. The van der Waals surface area contributed by atoms with E-state index in [2.05, 4.69) is 45.9 Å². The summed E-state index contributed by atoms with van der Waals surface area (Å²) in [5, 5.41) is 0. The van der Waals surface area contributed by atoms with Crippen LogP contribution in [0.5, 0.6) is 0 Å². The maximum absolute atomic E-state index is 6.37. The van der Waals surface area contributed by atoms with Crippen LogP contribution in [0.1, 0.15) is 130 Å². The Labute approximate surface area is 206 Å². The van der Waals surface area contributed by atoms with Gasteiger partial charge in [-0.1, -0.05) is 90.0 Å². The SMILES string of the molecule is CCCCC(C/C=C/CC1CCC2C3CC=C4CC(N)CCC4(C)C3CCC12C)CCCC. The molecule has 4 aliphatic rings. The van der Waals surface area contributed by atoms with Crippen LogP contribution < -0.4 is 5.73 Å². The first kappa shape index (κ1) is 25.5. The van der Waals surface area contributed by atoms with Crippen molar-refractivity contribution in [3.05, 3.63) is 23.8 Å². The molecule has 1 heteroatoms. The minimum absolute atomic E-state index is 0.418. The number of allylic oxidation sites excluding steroid dienone is 3. The molecule has 0 radical (unpaired) electrons. The van der Waals surface area contributed by atoms with Crippen molar-refractivity contribution in [1.82, 2.24) is 0 Å². The van der Waals surface area contributed by atoms with E-state index in [1.165, 1.54) is 103 Å². The van der Waals surface area contributed by atoms with Gasteiger partial charge in [-0.05, 0) is 105 Å². The van der Waals surface area contributed by atoms with E-state index >= 15 is 0 Å². The second-order valence-electron chi connectivity index (χ2n) is 13.2. The molecule has 3 fully saturated rings. The van der Waals surface area contributed by atoms with Crippen LogP contribution in [-0.2, 0) is 0 Å². The maximum atomic E-state index is 6.37. The van der Waals surface area contributed by atoms with Gasteiger partial charge in [-0.25, -0.2) is 0 Å². The van der Waals surface area contributed by atoms with Crippen molar-refractivity contribution in [2.75, 3.05) is 0 Å². The minimum Gasteiger partial charge on any atom is -0.327 e. The summed E-state index contributed by atoms with van der Waals surface area (Å²) in [5.74, 6) is 4.67. The number of nitrogens with two attached hydrogens (primary N) is 1. The predicted octanol–water partition coefficient (Wildman–Crippen LogP) is 9.23. The van der Waals surface area contributed by atoms with Crippen LogP contribution in [0.4, 0.5) is 0 Å². The summed E-state index contributed by atoms with van der Waals surface area (Å²) < 4.78 is 0. The van der Waals surface area contributed by atoms with Crippen LogP contribution in [0.15, 0.2) is 23.8 Å². The monoisotopic (exact) mass is 453 g/mol. The smallest absolute Gasteiger partial charge is 0.00766 e. The molecule has 0 aliphatic heterocycles. The summed E-state index contributed by atoms with van der Waals surface area (Å²) in [6.07, 6.45) is 29.9. The Morgan fingerprint density at radius 2 is 1.73 bits per heavy atom. The number of hydrogen-bond acceptors (Lipinski definition) is 1. The van der Waals surface area contributed by atoms with Crippen molar-refractivity contribution in [3.8, 4) is 0 Å². The molecule has 3 saturated carbocycles. The first-order chi connectivity index (χ1) is 15.9. The highest BCUT2D eigenvalue weighted by Gasteiger charge is 2.58. The standard InChI is InChI=1S/C32H55N/c1-5-7-11-24(12-8-6-2)13-9-10-14-25-16-18-29-28-17-15-26-23-27(33)19-21-32(26,4)30(28)20-22-31(25,29)3/h9-10,15,24-25,27-30H,5-8,11-14,16-23,33H2,1-4H3/b10-9+. The van der Waals surface area contributed by atoms with Gasteiger partial charge in [-0.3, -0.25) is 0 Å². The third kappa shape index (κ3) is 5.19. The molecule has 33 heavy (non-hydrogen) atoms. The molecule has 1 nitrogen and oxygen atoms in total. The van der Waals surface area contributed by atoms with Crippen molar-refractivity contribution in [1.29, 1.82) is 0 Å². The largest absolute Gasteiger partial charge is 0.327 e. The maximum Gasteiger partial charge on any atom is 0.00766 e. The molecule has 0 bridgehead atoms. The van der Waals surface area contributed by atoms with E-state index in [0.717, 1.165) is 29.6 Å². The lowest BCUT2D eigenvalue weighted by Crippen LogP contribution is -2.51. The van der Waals surface area contributed by atoms with Crippen molar-refractivity contribution >= 4 is 0 Å². The highest BCUT2D eigenvalue weighted by atomic mass is 14.7. The van der Waals surface area contributed by atoms with Crippen molar-refractivity contribution in [2.24, 2.45) is 46.2 Å². The first-order valence-electron chi connectivity index (χ1n) is 15.0.